The Kier molecular flexibility index (Phi) is 4.58. The third-order valence-corrected chi connectivity index (χ3v) is 1.84. The number of methoxy groups -OCH3 is 1. The Labute approximate surface area is 84.0 Å². The lowest BCUT2D eigenvalue weighted by Crippen LogP contribution is -2.18. The van der Waals surface area contributed by atoms with E-state index in [9.17, 15) is 0 Å². The van der Waals surface area contributed by atoms with E-state index in [1.165, 1.54) is 0 Å². The van der Waals surface area contributed by atoms with Gasteiger partial charge in [-0.1, -0.05) is 0 Å². The van der Waals surface area contributed by atoms with Gasteiger partial charge in [0.1, 0.15) is 0 Å². The molecule has 0 spiro atoms. The molecule has 0 saturated carbocycles. The highest BCUT2D eigenvalue weighted by Gasteiger charge is 2.00. The molecule has 0 aliphatic carbocycles. The number of hydrogen-bond acceptors (Lipinski definition) is 4. The first-order valence-corrected chi connectivity index (χ1v) is 4.57. The van der Waals surface area contributed by atoms with Crippen LogP contribution < -0.4 is 5.48 Å². The molecule has 0 amide bonds. The van der Waals surface area contributed by atoms with Crippen LogP contribution in [0.1, 0.15) is 11.4 Å². The first kappa shape index (κ1) is 11.2. The standard InChI is InChI=1S/C9H17N3O2/c1-8-6-9(12(2)11-8)7-10-14-5-4-13-3/h6,10H,4-5,7H2,1-3H3. The Morgan fingerprint density at radius 3 is 2.86 bits per heavy atom. The van der Waals surface area contributed by atoms with Crippen LogP contribution in [0.25, 0.3) is 0 Å². The van der Waals surface area contributed by atoms with Crippen molar-refractivity contribution in [2.75, 3.05) is 20.3 Å². The summed E-state index contributed by atoms with van der Waals surface area (Å²) in [7, 11) is 3.56. The topological polar surface area (TPSA) is 48.3 Å². The van der Waals surface area contributed by atoms with Crippen LogP contribution in [0.4, 0.5) is 0 Å². The fraction of sp³-hybridized carbons (Fsp3) is 0.667. The zero-order valence-electron chi connectivity index (χ0n) is 8.91. The summed E-state index contributed by atoms with van der Waals surface area (Å²) in [6.07, 6.45) is 0. The summed E-state index contributed by atoms with van der Waals surface area (Å²) in [4.78, 5) is 5.13. The zero-order chi connectivity index (χ0) is 10.4. The molecular weight excluding hydrogens is 182 g/mol. The molecule has 0 aliphatic heterocycles. The maximum absolute atomic E-state index is 5.13. The minimum Gasteiger partial charge on any atom is -0.382 e. The van der Waals surface area contributed by atoms with E-state index >= 15 is 0 Å². The van der Waals surface area contributed by atoms with Gasteiger partial charge in [-0.25, -0.2) is 0 Å². The number of hydrogen-bond donors (Lipinski definition) is 1. The van der Waals surface area contributed by atoms with Crippen molar-refractivity contribution in [3.05, 3.63) is 17.5 Å². The van der Waals surface area contributed by atoms with Gasteiger partial charge in [0.05, 0.1) is 31.1 Å². The summed E-state index contributed by atoms with van der Waals surface area (Å²) in [5.74, 6) is 0. The van der Waals surface area contributed by atoms with Crippen molar-refractivity contribution in [2.45, 2.75) is 13.5 Å². The maximum atomic E-state index is 5.13. The Morgan fingerprint density at radius 1 is 1.50 bits per heavy atom. The third-order valence-electron chi connectivity index (χ3n) is 1.84. The van der Waals surface area contributed by atoms with Gasteiger partial charge in [-0.15, -0.1) is 0 Å². The van der Waals surface area contributed by atoms with E-state index in [0.717, 1.165) is 11.4 Å². The summed E-state index contributed by atoms with van der Waals surface area (Å²) in [6, 6.07) is 2.02. The molecule has 0 bridgehead atoms. The number of aromatic nitrogens is 2. The van der Waals surface area contributed by atoms with Crippen molar-refractivity contribution < 1.29 is 9.57 Å². The van der Waals surface area contributed by atoms with Gasteiger partial charge in [0.25, 0.3) is 0 Å². The summed E-state index contributed by atoms with van der Waals surface area (Å²) in [6.45, 7) is 3.76. The Hall–Kier alpha value is -0.910. The van der Waals surface area contributed by atoms with Gasteiger partial charge in [0, 0.05) is 14.2 Å². The minimum absolute atomic E-state index is 0.549. The monoisotopic (exact) mass is 199 g/mol. The Morgan fingerprint density at radius 2 is 2.29 bits per heavy atom. The van der Waals surface area contributed by atoms with Crippen molar-refractivity contribution in [2.24, 2.45) is 7.05 Å². The van der Waals surface area contributed by atoms with E-state index in [1.54, 1.807) is 7.11 Å². The average Bonchev–Trinajstić information content (AvgIpc) is 2.45. The second-order valence-corrected chi connectivity index (χ2v) is 3.06. The van der Waals surface area contributed by atoms with Crippen LogP contribution in [0.5, 0.6) is 0 Å². The molecule has 0 aliphatic rings. The van der Waals surface area contributed by atoms with Crippen LogP contribution in [0.15, 0.2) is 6.07 Å². The molecule has 5 heteroatoms. The number of aryl methyl sites for hydroxylation is 2. The molecule has 14 heavy (non-hydrogen) atoms. The second kappa shape index (κ2) is 5.74. The number of nitrogens with one attached hydrogen (secondary N) is 1. The molecule has 1 N–H and O–H groups in total. The van der Waals surface area contributed by atoms with E-state index in [1.807, 2.05) is 24.7 Å². The normalized spacial score (nSPS) is 10.8. The predicted octanol–water partition coefficient (Wildman–Crippen LogP) is 0.396. The Bertz CT molecular complexity index is 273. The van der Waals surface area contributed by atoms with Gasteiger partial charge < -0.3 is 4.74 Å². The first-order valence-electron chi connectivity index (χ1n) is 4.57. The molecule has 1 aromatic rings. The van der Waals surface area contributed by atoms with Crippen molar-refractivity contribution in [1.29, 1.82) is 0 Å². The van der Waals surface area contributed by atoms with Gasteiger partial charge in [-0.3, -0.25) is 9.52 Å². The molecule has 1 heterocycles. The van der Waals surface area contributed by atoms with E-state index < -0.39 is 0 Å². The average molecular weight is 199 g/mol. The Balaban J connectivity index is 2.21. The van der Waals surface area contributed by atoms with Crippen LogP contribution in [0.2, 0.25) is 0 Å². The summed E-state index contributed by atoms with van der Waals surface area (Å²) in [5.41, 5.74) is 4.96. The number of ether oxygens (including phenoxy) is 1. The number of rotatable bonds is 6. The molecule has 0 fully saturated rings. The van der Waals surface area contributed by atoms with Crippen LogP contribution in [-0.2, 0) is 23.2 Å². The lowest BCUT2D eigenvalue weighted by atomic mass is 10.4. The van der Waals surface area contributed by atoms with E-state index in [0.29, 0.717) is 19.8 Å². The highest BCUT2D eigenvalue weighted by Crippen LogP contribution is 2.00. The van der Waals surface area contributed by atoms with Crippen molar-refractivity contribution >= 4 is 0 Å². The smallest absolute Gasteiger partial charge is 0.0916 e. The molecular formula is C9H17N3O2. The zero-order valence-corrected chi connectivity index (χ0v) is 8.91. The fourth-order valence-corrected chi connectivity index (χ4v) is 1.15. The SMILES string of the molecule is COCCONCc1cc(C)nn1C. The number of nitrogens with zero attached hydrogens (tertiary/aromatic N) is 2. The molecule has 0 saturated heterocycles. The van der Waals surface area contributed by atoms with Crippen molar-refractivity contribution in [1.82, 2.24) is 15.3 Å². The molecule has 0 aromatic carbocycles. The summed E-state index contributed by atoms with van der Waals surface area (Å²) < 4.78 is 6.67. The lowest BCUT2D eigenvalue weighted by Gasteiger charge is -2.05. The van der Waals surface area contributed by atoms with Crippen LogP contribution in [0, 0.1) is 6.92 Å². The van der Waals surface area contributed by atoms with Crippen LogP contribution in [-0.4, -0.2) is 30.1 Å². The lowest BCUT2D eigenvalue weighted by molar-refractivity contribution is 0.00257. The fourth-order valence-electron chi connectivity index (χ4n) is 1.15. The van der Waals surface area contributed by atoms with Gasteiger partial charge >= 0.3 is 0 Å². The van der Waals surface area contributed by atoms with Gasteiger partial charge in [-0.05, 0) is 13.0 Å². The molecule has 0 unspecified atom stereocenters. The van der Waals surface area contributed by atoms with Gasteiger partial charge in [-0.2, -0.15) is 10.6 Å². The van der Waals surface area contributed by atoms with E-state index in [-0.39, 0.29) is 0 Å². The highest BCUT2D eigenvalue weighted by atomic mass is 16.7. The van der Waals surface area contributed by atoms with Gasteiger partial charge in [0.15, 0.2) is 0 Å². The molecule has 1 rings (SSSR count). The van der Waals surface area contributed by atoms with Crippen molar-refractivity contribution in [3.63, 3.8) is 0 Å². The van der Waals surface area contributed by atoms with Crippen molar-refractivity contribution in [3.8, 4) is 0 Å². The third kappa shape index (κ3) is 3.45. The summed E-state index contributed by atoms with van der Waals surface area (Å²) >= 11 is 0. The van der Waals surface area contributed by atoms with E-state index in [2.05, 4.69) is 10.6 Å². The quantitative estimate of drug-likeness (QED) is 0.532. The maximum Gasteiger partial charge on any atom is 0.0916 e. The molecule has 0 radical (unpaired) electrons. The minimum atomic E-state index is 0.549. The second-order valence-electron chi connectivity index (χ2n) is 3.06. The molecule has 1 aromatic heterocycles. The largest absolute Gasteiger partial charge is 0.382 e. The molecule has 80 valence electrons. The molecule has 0 atom stereocenters. The summed E-state index contributed by atoms with van der Waals surface area (Å²) in [5, 5.41) is 4.22. The first-order chi connectivity index (χ1) is 6.74. The van der Waals surface area contributed by atoms with E-state index in [4.69, 9.17) is 9.57 Å². The van der Waals surface area contributed by atoms with Gasteiger partial charge in [0.2, 0.25) is 0 Å². The number of hydroxylamine groups is 1. The predicted molar refractivity (Wildman–Crippen MR) is 52.6 cm³/mol. The van der Waals surface area contributed by atoms with Crippen LogP contribution >= 0.6 is 0 Å². The molecule has 5 nitrogen and oxygen atoms in total. The highest BCUT2D eigenvalue weighted by molar-refractivity contribution is 5.07. The van der Waals surface area contributed by atoms with Crippen LogP contribution in [0.3, 0.4) is 0 Å².